The Kier molecular flexibility index (Phi) is 3.43. The number of rotatable bonds is 4. The molecule has 92 valence electrons. The van der Waals surface area contributed by atoms with Crippen molar-refractivity contribution in [2.24, 2.45) is 0 Å². The Labute approximate surface area is 98.6 Å². The van der Waals surface area contributed by atoms with Gasteiger partial charge >= 0.3 is 0 Å². The predicted molar refractivity (Wildman–Crippen MR) is 63.0 cm³/mol. The number of nitrogens with one attached hydrogen (secondary N) is 1. The third kappa shape index (κ3) is 2.47. The molecule has 2 nitrogen and oxygen atoms in total. The Morgan fingerprint density at radius 3 is 2.76 bits per heavy atom. The zero-order chi connectivity index (χ0) is 12.4. The molecule has 2 aromatic rings. The fraction of sp³-hybridized carbons (Fsp3) is 0.385. The van der Waals surface area contributed by atoms with Crippen LogP contribution in [0.25, 0.3) is 11.0 Å². The second-order valence-electron chi connectivity index (χ2n) is 4.19. The van der Waals surface area contributed by atoms with Crippen molar-refractivity contribution in [3.05, 3.63) is 35.6 Å². The summed E-state index contributed by atoms with van der Waals surface area (Å²) in [6.45, 7) is 4.81. The highest BCUT2D eigenvalue weighted by molar-refractivity contribution is 5.78. The van der Waals surface area contributed by atoms with Crippen LogP contribution < -0.4 is 5.32 Å². The quantitative estimate of drug-likeness (QED) is 0.886. The van der Waals surface area contributed by atoms with Crippen molar-refractivity contribution in [2.75, 3.05) is 6.54 Å². The summed E-state index contributed by atoms with van der Waals surface area (Å²) in [6, 6.07) is 2.94. The Morgan fingerprint density at radius 2 is 2.06 bits per heavy atom. The van der Waals surface area contributed by atoms with Gasteiger partial charge in [-0.1, -0.05) is 6.92 Å². The minimum Gasteiger partial charge on any atom is -0.461 e. The number of hydrogen-bond donors (Lipinski definition) is 1. The zero-order valence-corrected chi connectivity index (χ0v) is 9.89. The van der Waals surface area contributed by atoms with Crippen LogP contribution in [0.3, 0.4) is 0 Å². The third-order valence-corrected chi connectivity index (χ3v) is 2.77. The van der Waals surface area contributed by atoms with Crippen LogP contribution in [0.1, 0.15) is 19.4 Å². The lowest BCUT2D eigenvalue weighted by atomic mass is 10.0. The van der Waals surface area contributed by atoms with Gasteiger partial charge in [-0.3, -0.25) is 0 Å². The van der Waals surface area contributed by atoms with Crippen LogP contribution >= 0.6 is 0 Å². The first-order chi connectivity index (χ1) is 8.11. The molecule has 0 radical (unpaired) electrons. The Bertz CT molecular complexity index is 521. The summed E-state index contributed by atoms with van der Waals surface area (Å²) in [5.74, 6) is -0.910. The van der Waals surface area contributed by atoms with Crippen molar-refractivity contribution >= 4 is 11.0 Å². The molecule has 1 aromatic carbocycles. The highest BCUT2D eigenvalue weighted by atomic mass is 19.1. The average Bonchev–Trinajstić information content (AvgIpc) is 2.61. The average molecular weight is 239 g/mol. The monoisotopic (exact) mass is 239 g/mol. The van der Waals surface area contributed by atoms with Crippen molar-refractivity contribution in [1.82, 2.24) is 5.32 Å². The highest BCUT2D eigenvalue weighted by Crippen LogP contribution is 2.24. The molecule has 2 rings (SSSR count). The van der Waals surface area contributed by atoms with Gasteiger partial charge in [-0.15, -0.1) is 0 Å². The van der Waals surface area contributed by atoms with Crippen LogP contribution in [0.15, 0.2) is 22.8 Å². The van der Waals surface area contributed by atoms with Gasteiger partial charge in [0.2, 0.25) is 0 Å². The minimum absolute atomic E-state index is 0.173. The molecule has 0 saturated carbocycles. The lowest BCUT2D eigenvalue weighted by molar-refractivity contribution is 0.538. The van der Waals surface area contributed by atoms with Crippen LogP contribution in [0, 0.1) is 11.6 Å². The van der Waals surface area contributed by atoms with Crippen LogP contribution in [-0.2, 0) is 6.42 Å². The Hall–Kier alpha value is -1.42. The van der Waals surface area contributed by atoms with E-state index in [4.69, 9.17) is 4.42 Å². The first kappa shape index (κ1) is 12.0. The highest BCUT2D eigenvalue weighted by Gasteiger charge is 2.12. The van der Waals surface area contributed by atoms with E-state index in [9.17, 15) is 8.78 Å². The standard InChI is InChI=1S/C13H15F2NO/c1-3-16-8(2)4-9-5-13-10(6-11(9)14)12(15)7-17-13/h5-8,16H,3-4H2,1-2H3. The van der Waals surface area contributed by atoms with E-state index in [1.807, 2.05) is 13.8 Å². The minimum atomic E-state index is -0.523. The van der Waals surface area contributed by atoms with Crippen LogP contribution in [0.4, 0.5) is 8.78 Å². The van der Waals surface area contributed by atoms with Crippen molar-refractivity contribution in [3.8, 4) is 0 Å². The maximum Gasteiger partial charge on any atom is 0.169 e. The van der Waals surface area contributed by atoms with E-state index in [-0.39, 0.29) is 17.2 Å². The number of furan rings is 1. The fourth-order valence-electron chi connectivity index (χ4n) is 1.97. The van der Waals surface area contributed by atoms with Crippen LogP contribution in [-0.4, -0.2) is 12.6 Å². The summed E-state index contributed by atoms with van der Waals surface area (Å²) in [6.07, 6.45) is 1.56. The molecule has 0 spiro atoms. The van der Waals surface area contributed by atoms with Crippen LogP contribution in [0.2, 0.25) is 0 Å². The van der Waals surface area contributed by atoms with Gasteiger partial charge in [0.05, 0.1) is 5.39 Å². The normalized spacial score (nSPS) is 13.2. The summed E-state index contributed by atoms with van der Waals surface area (Å²) >= 11 is 0. The molecule has 4 heteroatoms. The summed E-state index contributed by atoms with van der Waals surface area (Å²) in [5, 5.41) is 3.40. The van der Waals surface area contributed by atoms with Gasteiger partial charge in [-0.25, -0.2) is 8.78 Å². The summed E-state index contributed by atoms with van der Waals surface area (Å²) in [5.41, 5.74) is 0.933. The van der Waals surface area contributed by atoms with Crippen LogP contribution in [0.5, 0.6) is 0 Å². The number of likely N-dealkylation sites (N-methyl/N-ethyl adjacent to an activating group) is 1. The van der Waals surface area contributed by atoms with E-state index in [2.05, 4.69) is 5.32 Å². The molecule has 0 aliphatic carbocycles. The second-order valence-corrected chi connectivity index (χ2v) is 4.19. The van der Waals surface area contributed by atoms with Crippen molar-refractivity contribution < 1.29 is 13.2 Å². The predicted octanol–water partition coefficient (Wildman–Crippen LogP) is 3.25. The van der Waals surface area contributed by atoms with E-state index in [1.165, 1.54) is 6.07 Å². The molecule has 0 saturated heterocycles. The Morgan fingerprint density at radius 1 is 1.29 bits per heavy atom. The first-order valence-electron chi connectivity index (χ1n) is 5.70. The molecular weight excluding hydrogens is 224 g/mol. The van der Waals surface area contributed by atoms with Gasteiger partial charge in [-0.05, 0) is 37.6 Å². The Balaban J connectivity index is 2.31. The van der Waals surface area contributed by atoms with E-state index >= 15 is 0 Å². The molecule has 1 unspecified atom stereocenters. The van der Waals surface area contributed by atoms with E-state index in [1.54, 1.807) is 6.07 Å². The molecule has 0 bridgehead atoms. The molecule has 0 aliphatic heterocycles. The summed E-state index contributed by atoms with van der Waals surface area (Å²) in [7, 11) is 0. The molecule has 1 aromatic heterocycles. The zero-order valence-electron chi connectivity index (χ0n) is 9.89. The molecule has 0 amide bonds. The van der Waals surface area contributed by atoms with Gasteiger partial charge in [0, 0.05) is 6.04 Å². The third-order valence-electron chi connectivity index (χ3n) is 2.77. The molecule has 0 aliphatic rings. The van der Waals surface area contributed by atoms with Crippen molar-refractivity contribution in [1.29, 1.82) is 0 Å². The SMILES string of the molecule is CCNC(C)Cc1cc2occ(F)c2cc1F. The van der Waals surface area contributed by atoms with E-state index in [0.717, 1.165) is 12.8 Å². The topological polar surface area (TPSA) is 25.2 Å². The largest absolute Gasteiger partial charge is 0.461 e. The van der Waals surface area contributed by atoms with Gasteiger partial charge < -0.3 is 9.73 Å². The number of hydrogen-bond acceptors (Lipinski definition) is 2. The van der Waals surface area contributed by atoms with Gasteiger partial charge in [0.25, 0.3) is 0 Å². The number of halogens is 2. The molecule has 1 heterocycles. The first-order valence-corrected chi connectivity index (χ1v) is 5.70. The molecule has 1 N–H and O–H groups in total. The maximum atomic E-state index is 13.7. The lowest BCUT2D eigenvalue weighted by Crippen LogP contribution is -2.27. The van der Waals surface area contributed by atoms with E-state index < -0.39 is 5.82 Å². The van der Waals surface area contributed by atoms with Crippen molar-refractivity contribution in [3.63, 3.8) is 0 Å². The van der Waals surface area contributed by atoms with Crippen molar-refractivity contribution in [2.45, 2.75) is 26.3 Å². The number of benzene rings is 1. The molecule has 1 atom stereocenters. The molecule has 0 fully saturated rings. The lowest BCUT2D eigenvalue weighted by Gasteiger charge is -2.12. The molecule has 17 heavy (non-hydrogen) atoms. The second kappa shape index (κ2) is 4.84. The van der Waals surface area contributed by atoms with E-state index in [0.29, 0.717) is 17.6 Å². The maximum absolute atomic E-state index is 13.7. The van der Waals surface area contributed by atoms with Gasteiger partial charge in [0.15, 0.2) is 5.82 Å². The molecular formula is C13H15F2NO. The van der Waals surface area contributed by atoms with Gasteiger partial charge in [-0.2, -0.15) is 0 Å². The summed E-state index contributed by atoms with van der Waals surface area (Å²) < 4.78 is 31.9. The summed E-state index contributed by atoms with van der Waals surface area (Å²) in [4.78, 5) is 0. The number of fused-ring (bicyclic) bond motifs is 1. The van der Waals surface area contributed by atoms with Gasteiger partial charge in [0.1, 0.15) is 17.7 Å². The fourth-order valence-corrected chi connectivity index (χ4v) is 1.97. The smallest absolute Gasteiger partial charge is 0.169 e.